The van der Waals surface area contributed by atoms with Crippen LogP contribution in [-0.2, 0) is 19.6 Å². The minimum absolute atomic E-state index is 0. The number of rotatable bonds is 3. The summed E-state index contributed by atoms with van der Waals surface area (Å²) in [7, 11) is -4.13. The van der Waals surface area contributed by atoms with Gasteiger partial charge in [0.2, 0.25) is 0 Å². The number of hydrogen-bond donors (Lipinski definition) is 0. The van der Waals surface area contributed by atoms with Crippen LogP contribution >= 0.6 is 0 Å². The Bertz CT molecular complexity index is 221. The molecule has 13 heavy (non-hydrogen) atoms. The molecular weight excluding hydrogens is 223 g/mol. The van der Waals surface area contributed by atoms with Crippen molar-refractivity contribution in [1.29, 1.82) is 0 Å². The average Bonchev–Trinajstić information content (AvgIpc) is 2.02. The van der Waals surface area contributed by atoms with E-state index < -0.39 is 22.2 Å². The van der Waals surface area contributed by atoms with E-state index in [0.717, 1.165) is 6.42 Å². The molecule has 7 heteroatoms. The van der Waals surface area contributed by atoms with E-state index in [9.17, 15) is 13.0 Å². The zero-order valence-electron chi connectivity index (χ0n) is 7.56. The van der Waals surface area contributed by atoms with E-state index in [1.807, 2.05) is 0 Å². The fourth-order valence-electron chi connectivity index (χ4n) is 0.944. The van der Waals surface area contributed by atoms with Gasteiger partial charge in [0.25, 0.3) is 0 Å². The van der Waals surface area contributed by atoms with E-state index in [2.05, 4.69) is 0 Å². The first-order valence-corrected chi connectivity index (χ1v) is 5.32. The van der Waals surface area contributed by atoms with Crippen LogP contribution in [0.3, 0.4) is 0 Å². The Morgan fingerprint density at radius 2 is 1.85 bits per heavy atom. The molecule has 0 N–H and O–H groups in total. The predicted molar refractivity (Wildman–Crippen MR) is 39.5 cm³/mol. The molecule has 0 aliphatic carbocycles. The largest absolute Gasteiger partial charge is 1.00 e. The van der Waals surface area contributed by atoms with Gasteiger partial charge in [0.1, 0.15) is 0 Å². The van der Waals surface area contributed by atoms with Gasteiger partial charge in [0, 0.05) is 12.2 Å². The molecule has 0 aromatic heterocycles. The molecule has 0 radical (unpaired) electrons. The Kier molecular flexibility index (Phi) is 7.63. The third-order valence-electron chi connectivity index (χ3n) is 1.50. The molecule has 0 unspecified atom stereocenters. The molecule has 5 nitrogen and oxygen atoms in total. The first-order valence-electron chi connectivity index (χ1n) is 3.75. The van der Waals surface area contributed by atoms with E-state index in [-0.39, 0.29) is 57.8 Å². The molecular formula is C6H11KO5S. The van der Waals surface area contributed by atoms with Crippen molar-refractivity contribution >= 4 is 10.1 Å². The van der Waals surface area contributed by atoms with Gasteiger partial charge < -0.3 is 14.0 Å². The summed E-state index contributed by atoms with van der Waals surface area (Å²) in [5.41, 5.74) is 0. The molecule has 1 heterocycles. The van der Waals surface area contributed by atoms with Crippen LogP contribution in [-0.4, -0.2) is 38.2 Å². The monoisotopic (exact) mass is 234 g/mol. The van der Waals surface area contributed by atoms with Crippen molar-refractivity contribution < 1.29 is 73.8 Å². The molecule has 1 fully saturated rings. The van der Waals surface area contributed by atoms with Gasteiger partial charge in [-0.1, -0.05) is 0 Å². The number of ether oxygens (including phenoxy) is 2. The summed E-state index contributed by atoms with van der Waals surface area (Å²) in [4.78, 5) is 0. The molecule has 1 rings (SSSR count). The van der Waals surface area contributed by atoms with Crippen molar-refractivity contribution in [2.45, 2.75) is 19.1 Å². The number of hydrogen-bond acceptors (Lipinski definition) is 5. The van der Waals surface area contributed by atoms with Crippen molar-refractivity contribution in [2.75, 3.05) is 19.0 Å². The van der Waals surface area contributed by atoms with Crippen LogP contribution in [0, 0.1) is 0 Å². The van der Waals surface area contributed by atoms with Gasteiger partial charge in [-0.15, -0.1) is 0 Å². The van der Waals surface area contributed by atoms with Crippen LogP contribution < -0.4 is 51.4 Å². The van der Waals surface area contributed by atoms with Crippen LogP contribution in [0.5, 0.6) is 0 Å². The van der Waals surface area contributed by atoms with Crippen molar-refractivity contribution in [3.63, 3.8) is 0 Å². The molecule has 0 aromatic carbocycles. The second kappa shape index (κ2) is 6.86. The third kappa shape index (κ3) is 7.40. The summed E-state index contributed by atoms with van der Waals surface area (Å²) in [5.74, 6) is -0.419. The maximum Gasteiger partial charge on any atom is 1.00 e. The van der Waals surface area contributed by atoms with E-state index in [0.29, 0.717) is 13.2 Å². The third-order valence-corrected chi connectivity index (χ3v) is 2.24. The maximum absolute atomic E-state index is 10.2. The summed E-state index contributed by atoms with van der Waals surface area (Å²) in [6.07, 6.45) is 0.439. The Morgan fingerprint density at radius 3 is 2.31 bits per heavy atom. The molecule has 1 aliphatic rings. The Hall–Kier alpha value is 1.47. The second-order valence-corrected chi connectivity index (χ2v) is 4.10. The average molecular weight is 234 g/mol. The van der Waals surface area contributed by atoms with Crippen LogP contribution in [0.4, 0.5) is 0 Å². The molecule has 0 saturated carbocycles. The Balaban J connectivity index is 0.00000144. The van der Waals surface area contributed by atoms with Crippen molar-refractivity contribution in [3.05, 3.63) is 0 Å². The zero-order valence-corrected chi connectivity index (χ0v) is 11.5. The first kappa shape index (κ1) is 14.5. The van der Waals surface area contributed by atoms with Gasteiger partial charge in [0.15, 0.2) is 6.29 Å². The van der Waals surface area contributed by atoms with E-state index in [1.54, 1.807) is 0 Å². The van der Waals surface area contributed by atoms with Crippen LogP contribution in [0.15, 0.2) is 0 Å². The molecule has 1 aliphatic heterocycles. The fourth-order valence-corrected chi connectivity index (χ4v) is 1.42. The summed E-state index contributed by atoms with van der Waals surface area (Å²) < 4.78 is 40.7. The molecule has 0 atom stereocenters. The zero-order chi connectivity index (χ0) is 9.03. The molecule has 1 saturated heterocycles. The summed E-state index contributed by atoms with van der Waals surface area (Å²) in [6, 6.07) is 0. The summed E-state index contributed by atoms with van der Waals surface area (Å²) in [6.45, 7) is 1.15. The Labute approximate surface area is 120 Å². The van der Waals surface area contributed by atoms with Gasteiger partial charge in [-0.05, 0) is 6.42 Å². The SMILES string of the molecule is O=S(=O)([O-])CCC1OCCCO1.[K+]. The van der Waals surface area contributed by atoms with Crippen molar-refractivity contribution in [3.8, 4) is 0 Å². The Morgan fingerprint density at radius 1 is 1.31 bits per heavy atom. The molecule has 72 valence electrons. The van der Waals surface area contributed by atoms with Crippen molar-refractivity contribution in [2.24, 2.45) is 0 Å². The molecule has 0 amide bonds. The standard InChI is InChI=1S/C6H12O5S.K/c7-12(8,9)5-2-6-10-3-1-4-11-6;/h6H,1-5H2,(H,7,8,9);/q;+1/p-1. The van der Waals surface area contributed by atoms with Gasteiger partial charge in [0.05, 0.1) is 23.3 Å². The topological polar surface area (TPSA) is 75.7 Å². The second-order valence-electron chi connectivity index (χ2n) is 2.58. The van der Waals surface area contributed by atoms with Crippen LogP contribution in [0.2, 0.25) is 0 Å². The van der Waals surface area contributed by atoms with Gasteiger partial charge >= 0.3 is 51.4 Å². The van der Waals surface area contributed by atoms with Crippen LogP contribution in [0.1, 0.15) is 12.8 Å². The van der Waals surface area contributed by atoms with Crippen LogP contribution in [0.25, 0.3) is 0 Å². The first-order chi connectivity index (χ1) is 5.58. The van der Waals surface area contributed by atoms with Gasteiger partial charge in [-0.25, -0.2) is 8.42 Å². The smallest absolute Gasteiger partial charge is 0.748 e. The molecule has 0 bridgehead atoms. The van der Waals surface area contributed by atoms with E-state index in [1.165, 1.54) is 0 Å². The predicted octanol–water partition coefficient (Wildman–Crippen LogP) is -3.31. The molecule has 0 spiro atoms. The molecule has 0 aromatic rings. The maximum atomic E-state index is 10.2. The minimum Gasteiger partial charge on any atom is -0.748 e. The van der Waals surface area contributed by atoms with E-state index in [4.69, 9.17) is 9.47 Å². The van der Waals surface area contributed by atoms with Gasteiger partial charge in [-0.2, -0.15) is 0 Å². The van der Waals surface area contributed by atoms with E-state index >= 15 is 0 Å². The summed E-state index contributed by atoms with van der Waals surface area (Å²) in [5, 5.41) is 0. The summed E-state index contributed by atoms with van der Waals surface area (Å²) >= 11 is 0. The normalized spacial score (nSPS) is 19.5. The van der Waals surface area contributed by atoms with Gasteiger partial charge in [-0.3, -0.25) is 0 Å². The minimum atomic E-state index is -4.13. The van der Waals surface area contributed by atoms with Crippen molar-refractivity contribution in [1.82, 2.24) is 0 Å². The quantitative estimate of drug-likeness (QED) is 0.377. The fraction of sp³-hybridized carbons (Fsp3) is 1.00.